The van der Waals surface area contributed by atoms with E-state index in [4.69, 9.17) is 0 Å². The quantitative estimate of drug-likeness (QED) is 0.689. The van der Waals surface area contributed by atoms with Crippen LogP contribution in [0.3, 0.4) is 0 Å². The molecule has 2 unspecified atom stereocenters. The smallest absolute Gasteiger partial charge is 0.217 e. The number of nitrogens with one attached hydrogen (secondary N) is 1. The van der Waals surface area contributed by atoms with Crippen molar-refractivity contribution in [2.75, 3.05) is 0 Å². The Hall–Kier alpha value is -0.860. The second kappa shape index (κ2) is 4.91. The number of hydrogen-bond donors (Lipinski definition) is 1. The monoisotopic (exact) mass is 171 g/mol. The molecule has 0 aromatic carbocycles. The highest BCUT2D eigenvalue weighted by molar-refractivity contribution is 5.86. The highest BCUT2D eigenvalue weighted by Gasteiger charge is 2.20. The summed E-state index contributed by atoms with van der Waals surface area (Å²) in [7, 11) is 0. The number of carbonyl (C=O) groups excluding carboxylic acids is 2. The molecule has 0 saturated heterocycles. The van der Waals surface area contributed by atoms with E-state index < -0.39 is 0 Å². The summed E-state index contributed by atoms with van der Waals surface area (Å²) in [5.41, 5.74) is 0. The lowest BCUT2D eigenvalue weighted by Gasteiger charge is -2.20. The third kappa shape index (κ3) is 3.51. The van der Waals surface area contributed by atoms with Crippen LogP contribution in [0.25, 0.3) is 0 Å². The van der Waals surface area contributed by atoms with E-state index in [0.717, 1.165) is 6.42 Å². The lowest BCUT2D eigenvalue weighted by Crippen LogP contribution is -2.42. The maximum Gasteiger partial charge on any atom is 0.217 e. The average Bonchev–Trinajstić information content (AvgIpc) is 1.98. The van der Waals surface area contributed by atoms with Crippen molar-refractivity contribution in [2.45, 2.75) is 40.2 Å². The molecular weight excluding hydrogens is 154 g/mol. The first-order valence-corrected chi connectivity index (χ1v) is 4.26. The number of rotatable bonds is 4. The summed E-state index contributed by atoms with van der Waals surface area (Å²) in [4.78, 5) is 21.8. The molecule has 0 spiro atoms. The fraction of sp³-hybridized carbons (Fsp3) is 0.778. The van der Waals surface area contributed by atoms with Gasteiger partial charge in [0.1, 0.15) is 0 Å². The SMILES string of the molecule is CCC(C)C(NC(C)=O)C(C)=O. The second-order valence-electron chi connectivity index (χ2n) is 3.17. The van der Waals surface area contributed by atoms with Crippen molar-refractivity contribution in [2.24, 2.45) is 5.92 Å². The van der Waals surface area contributed by atoms with Gasteiger partial charge in [-0.1, -0.05) is 20.3 Å². The van der Waals surface area contributed by atoms with E-state index in [0.29, 0.717) is 0 Å². The molecule has 1 amide bonds. The Balaban J connectivity index is 4.22. The van der Waals surface area contributed by atoms with Crippen LogP contribution in [0.4, 0.5) is 0 Å². The second-order valence-corrected chi connectivity index (χ2v) is 3.17. The number of carbonyl (C=O) groups is 2. The molecule has 12 heavy (non-hydrogen) atoms. The third-order valence-electron chi connectivity index (χ3n) is 2.01. The molecule has 0 fully saturated rings. The molecule has 1 N–H and O–H groups in total. The summed E-state index contributed by atoms with van der Waals surface area (Å²) in [6.45, 7) is 6.90. The van der Waals surface area contributed by atoms with Gasteiger partial charge in [-0.05, 0) is 12.8 Å². The zero-order chi connectivity index (χ0) is 9.72. The average molecular weight is 171 g/mol. The van der Waals surface area contributed by atoms with Crippen LogP contribution in [0.2, 0.25) is 0 Å². The summed E-state index contributed by atoms with van der Waals surface area (Å²) >= 11 is 0. The Morgan fingerprint density at radius 1 is 1.33 bits per heavy atom. The molecule has 2 atom stereocenters. The first-order valence-electron chi connectivity index (χ1n) is 4.26. The van der Waals surface area contributed by atoms with E-state index in [-0.39, 0.29) is 23.7 Å². The summed E-state index contributed by atoms with van der Waals surface area (Å²) in [5, 5.41) is 2.64. The number of hydrogen-bond acceptors (Lipinski definition) is 2. The Kier molecular flexibility index (Phi) is 4.55. The molecule has 0 aromatic rings. The molecule has 0 aliphatic carbocycles. The fourth-order valence-electron chi connectivity index (χ4n) is 1.10. The van der Waals surface area contributed by atoms with Crippen molar-refractivity contribution < 1.29 is 9.59 Å². The van der Waals surface area contributed by atoms with Crippen molar-refractivity contribution >= 4 is 11.7 Å². The molecule has 0 radical (unpaired) electrons. The molecule has 0 aromatic heterocycles. The van der Waals surface area contributed by atoms with Gasteiger partial charge < -0.3 is 5.32 Å². The van der Waals surface area contributed by atoms with Gasteiger partial charge in [0.25, 0.3) is 0 Å². The summed E-state index contributed by atoms with van der Waals surface area (Å²) < 4.78 is 0. The predicted molar refractivity (Wildman–Crippen MR) is 47.7 cm³/mol. The molecule has 0 heterocycles. The number of ketones is 1. The zero-order valence-electron chi connectivity index (χ0n) is 8.18. The van der Waals surface area contributed by atoms with Gasteiger partial charge in [-0.25, -0.2) is 0 Å². The first-order chi connectivity index (χ1) is 5.49. The van der Waals surface area contributed by atoms with Crippen LogP contribution < -0.4 is 5.32 Å². The standard InChI is InChI=1S/C9H17NO2/c1-5-6(2)9(7(3)11)10-8(4)12/h6,9H,5H2,1-4H3,(H,10,12). The minimum atomic E-state index is -0.313. The third-order valence-corrected chi connectivity index (χ3v) is 2.01. The molecule has 0 rings (SSSR count). The Labute approximate surface area is 73.5 Å². The van der Waals surface area contributed by atoms with Gasteiger partial charge in [0, 0.05) is 6.92 Å². The number of Topliss-reactive ketones (excluding diaryl/α,β-unsaturated/α-hetero) is 1. The van der Waals surface area contributed by atoms with Gasteiger partial charge in [0.2, 0.25) is 5.91 Å². The van der Waals surface area contributed by atoms with E-state index in [1.807, 2.05) is 13.8 Å². The zero-order valence-corrected chi connectivity index (χ0v) is 8.18. The maximum atomic E-state index is 11.1. The van der Waals surface area contributed by atoms with Crippen molar-refractivity contribution in [3.05, 3.63) is 0 Å². The van der Waals surface area contributed by atoms with Crippen LogP contribution in [0.5, 0.6) is 0 Å². The highest BCUT2D eigenvalue weighted by atomic mass is 16.2. The summed E-state index contributed by atoms with van der Waals surface area (Å²) in [6, 6.07) is -0.313. The Bertz CT molecular complexity index is 177. The predicted octanol–water partition coefficient (Wildman–Crippen LogP) is 1.13. The molecule has 0 aliphatic rings. The van der Waals surface area contributed by atoms with E-state index in [2.05, 4.69) is 5.32 Å². The molecule has 3 heteroatoms. The lowest BCUT2D eigenvalue weighted by molar-refractivity contribution is -0.126. The van der Waals surface area contributed by atoms with Crippen LogP contribution in [0.15, 0.2) is 0 Å². The normalized spacial score (nSPS) is 15.0. The van der Waals surface area contributed by atoms with Gasteiger partial charge >= 0.3 is 0 Å². The van der Waals surface area contributed by atoms with E-state index in [1.165, 1.54) is 13.8 Å². The Morgan fingerprint density at radius 2 is 1.83 bits per heavy atom. The van der Waals surface area contributed by atoms with Crippen molar-refractivity contribution in [1.29, 1.82) is 0 Å². The van der Waals surface area contributed by atoms with Crippen LogP contribution in [-0.4, -0.2) is 17.7 Å². The van der Waals surface area contributed by atoms with E-state index >= 15 is 0 Å². The highest BCUT2D eigenvalue weighted by Crippen LogP contribution is 2.08. The van der Waals surface area contributed by atoms with E-state index in [9.17, 15) is 9.59 Å². The van der Waals surface area contributed by atoms with Crippen molar-refractivity contribution in [3.63, 3.8) is 0 Å². The molecule has 70 valence electrons. The van der Waals surface area contributed by atoms with Crippen LogP contribution in [0, 0.1) is 5.92 Å². The van der Waals surface area contributed by atoms with Crippen molar-refractivity contribution in [1.82, 2.24) is 5.32 Å². The molecular formula is C9H17NO2. The van der Waals surface area contributed by atoms with Crippen LogP contribution in [0.1, 0.15) is 34.1 Å². The summed E-state index contributed by atoms with van der Waals surface area (Å²) in [6.07, 6.45) is 0.893. The molecule has 0 aliphatic heterocycles. The maximum absolute atomic E-state index is 11.1. The van der Waals surface area contributed by atoms with Gasteiger partial charge in [-0.2, -0.15) is 0 Å². The minimum absolute atomic E-state index is 0.0274. The van der Waals surface area contributed by atoms with Gasteiger partial charge in [0.15, 0.2) is 5.78 Å². The van der Waals surface area contributed by atoms with Gasteiger partial charge in [-0.3, -0.25) is 9.59 Å². The fourth-order valence-corrected chi connectivity index (χ4v) is 1.10. The van der Waals surface area contributed by atoms with Crippen LogP contribution in [-0.2, 0) is 9.59 Å². The van der Waals surface area contributed by atoms with Gasteiger partial charge in [0.05, 0.1) is 6.04 Å². The molecule has 0 saturated carbocycles. The first kappa shape index (κ1) is 11.1. The Morgan fingerprint density at radius 3 is 2.08 bits per heavy atom. The minimum Gasteiger partial charge on any atom is -0.346 e. The van der Waals surface area contributed by atoms with Gasteiger partial charge in [-0.15, -0.1) is 0 Å². The molecule has 0 bridgehead atoms. The lowest BCUT2D eigenvalue weighted by atomic mass is 9.96. The topological polar surface area (TPSA) is 46.2 Å². The molecule has 3 nitrogen and oxygen atoms in total. The van der Waals surface area contributed by atoms with Crippen molar-refractivity contribution in [3.8, 4) is 0 Å². The summed E-state index contributed by atoms with van der Waals surface area (Å²) in [5.74, 6) is 0.0986. The van der Waals surface area contributed by atoms with E-state index in [1.54, 1.807) is 0 Å². The van der Waals surface area contributed by atoms with Crippen LogP contribution >= 0.6 is 0 Å². The largest absolute Gasteiger partial charge is 0.346 e. The number of amides is 1.